The van der Waals surface area contributed by atoms with Crippen LogP contribution < -0.4 is 0 Å². The first kappa shape index (κ1) is 54.3. The lowest BCUT2D eigenvalue weighted by atomic mass is 9.95. The van der Waals surface area contributed by atoms with E-state index in [1.807, 2.05) is 91.0 Å². The fourth-order valence-corrected chi connectivity index (χ4v) is 8.28. The molecule has 75 heavy (non-hydrogen) atoms. The molecular weight excluding hydrogens is 949 g/mol. The highest BCUT2D eigenvalue weighted by atomic mass is 16.6. The van der Waals surface area contributed by atoms with E-state index in [9.17, 15) is 28.8 Å². The largest absolute Gasteiger partial charge is 0.458 e. The second-order valence-electron chi connectivity index (χ2n) is 21.2. The molecule has 0 unspecified atom stereocenters. The van der Waals surface area contributed by atoms with Gasteiger partial charge >= 0.3 is 17.9 Å². The van der Waals surface area contributed by atoms with Crippen LogP contribution in [0.25, 0.3) is 0 Å². The summed E-state index contributed by atoms with van der Waals surface area (Å²) in [5.41, 5.74) is -1.56. The monoisotopic (exact) mass is 1010 g/mol. The van der Waals surface area contributed by atoms with Crippen LogP contribution in [0.5, 0.6) is 0 Å². The molecule has 3 atom stereocenters. The third kappa shape index (κ3) is 12.7. The zero-order valence-electron chi connectivity index (χ0n) is 43.6. The van der Waals surface area contributed by atoms with Crippen molar-refractivity contribution in [3.05, 3.63) is 197 Å². The lowest BCUT2D eigenvalue weighted by Crippen LogP contribution is -2.46. The van der Waals surface area contributed by atoms with Crippen molar-refractivity contribution in [3.8, 4) is 0 Å². The molecule has 9 rings (SSSR count). The van der Waals surface area contributed by atoms with Crippen molar-refractivity contribution in [1.29, 1.82) is 0 Å². The number of ether oxygens (including phenoxy) is 3. The van der Waals surface area contributed by atoms with Crippen LogP contribution in [0.1, 0.15) is 110 Å². The number of hydrogen-bond donors (Lipinski definition) is 0. The maximum Gasteiger partial charge on any atom is 0.345 e. The molecular formula is C60H60N6O9. The average molecular weight is 1010 g/mol. The van der Waals surface area contributed by atoms with Gasteiger partial charge in [0, 0.05) is 36.0 Å². The molecule has 6 aromatic carbocycles. The van der Waals surface area contributed by atoms with Gasteiger partial charge in [0.2, 0.25) is 34.0 Å². The molecule has 0 amide bonds. The van der Waals surface area contributed by atoms with Crippen LogP contribution in [-0.2, 0) is 47.9 Å². The van der Waals surface area contributed by atoms with Gasteiger partial charge in [0.25, 0.3) is 0 Å². The second-order valence-corrected chi connectivity index (χ2v) is 21.2. The van der Waals surface area contributed by atoms with Crippen molar-refractivity contribution in [1.82, 2.24) is 0 Å². The third-order valence-electron chi connectivity index (χ3n) is 11.7. The second kappa shape index (κ2) is 21.9. The van der Waals surface area contributed by atoms with Gasteiger partial charge < -0.3 is 14.2 Å². The summed E-state index contributed by atoms with van der Waals surface area (Å²) in [6, 6.07) is 48.5. The molecule has 0 aliphatic heterocycles. The summed E-state index contributed by atoms with van der Waals surface area (Å²) in [4.78, 5) is 77.7. The van der Waals surface area contributed by atoms with Gasteiger partial charge in [-0.1, -0.05) is 127 Å². The van der Waals surface area contributed by atoms with E-state index in [1.54, 1.807) is 135 Å². The van der Waals surface area contributed by atoms with Crippen molar-refractivity contribution < 1.29 is 43.0 Å². The molecule has 15 heteroatoms. The highest BCUT2D eigenvalue weighted by molar-refractivity contribution is 6.21. The molecule has 0 fully saturated rings. The number of fused-ring (bicyclic) bond motifs is 3. The van der Waals surface area contributed by atoms with Gasteiger partial charge in [-0.2, -0.15) is 30.7 Å². The first-order chi connectivity index (χ1) is 35.5. The summed E-state index contributed by atoms with van der Waals surface area (Å²) in [6.45, 7) is 15.9. The highest BCUT2D eigenvalue weighted by Gasteiger charge is 2.57. The molecule has 0 heterocycles. The molecule has 0 aromatic heterocycles. The summed E-state index contributed by atoms with van der Waals surface area (Å²) >= 11 is 0. The van der Waals surface area contributed by atoms with E-state index in [-0.39, 0.29) is 36.6 Å². The lowest BCUT2D eigenvalue weighted by Gasteiger charge is -2.26. The number of esters is 3. The molecule has 3 aliphatic carbocycles. The van der Waals surface area contributed by atoms with E-state index in [1.165, 1.54) is 0 Å². The normalized spacial score (nSPS) is 19.9. The Morgan fingerprint density at radius 3 is 0.773 bits per heavy atom. The topological polar surface area (TPSA) is 204 Å². The van der Waals surface area contributed by atoms with Gasteiger partial charge in [0.1, 0.15) is 16.8 Å². The molecule has 15 nitrogen and oxygen atoms in total. The fourth-order valence-electron chi connectivity index (χ4n) is 8.28. The molecule has 0 saturated heterocycles. The molecule has 6 aromatic rings. The van der Waals surface area contributed by atoms with Gasteiger partial charge in [0.05, 0.1) is 17.1 Å². The summed E-state index contributed by atoms with van der Waals surface area (Å²) in [7, 11) is 0. The first-order valence-electron chi connectivity index (χ1n) is 24.5. The molecule has 0 saturated carbocycles. The lowest BCUT2D eigenvalue weighted by molar-refractivity contribution is -0.160. The fraction of sp³-hybridized carbons (Fsp3) is 0.300. The third-order valence-corrected chi connectivity index (χ3v) is 11.7. The van der Waals surface area contributed by atoms with Crippen LogP contribution in [0.2, 0.25) is 0 Å². The average Bonchev–Trinajstić information content (AvgIpc) is 3.96. The number of nitrogens with zero attached hydrogens (tertiary/aromatic N) is 6. The number of azo groups is 3. The van der Waals surface area contributed by atoms with E-state index in [0.29, 0.717) is 33.8 Å². The zero-order valence-corrected chi connectivity index (χ0v) is 43.6. The van der Waals surface area contributed by atoms with Crippen molar-refractivity contribution in [2.24, 2.45) is 30.7 Å². The van der Waals surface area contributed by atoms with E-state index < -0.39 is 51.3 Å². The molecule has 0 radical (unpaired) electrons. The van der Waals surface area contributed by atoms with Crippen molar-refractivity contribution >= 4 is 52.3 Å². The number of benzene rings is 6. The number of rotatable bonds is 9. The maximum absolute atomic E-state index is 13.0. The van der Waals surface area contributed by atoms with Gasteiger partial charge in [-0.3, -0.25) is 14.4 Å². The molecule has 384 valence electrons. The predicted molar refractivity (Wildman–Crippen MR) is 282 cm³/mol. The Morgan fingerprint density at radius 1 is 0.347 bits per heavy atom. The maximum atomic E-state index is 13.0. The van der Waals surface area contributed by atoms with Gasteiger partial charge in [-0.15, -0.1) is 0 Å². The number of ketones is 3. The Hall–Kier alpha value is -8.46. The minimum atomic E-state index is -1.66. The van der Waals surface area contributed by atoms with Gasteiger partial charge in [-0.25, -0.2) is 14.4 Å². The number of carbonyl (C=O) groups is 6. The van der Waals surface area contributed by atoms with Crippen LogP contribution in [0.15, 0.2) is 194 Å². The standard InChI is InChI=1S/3C20H20N2O3/c3*1-19(2,3)25-18(24)20(22-21-15-10-5-4-6-11-15)13-14-9-7-8-12-16(14)17(20)23/h3*4-12H,13H2,1-3H3/t3*20-/m111/s1. The SMILES string of the molecule is CC(C)(C)OC(=O)[C@@]1(N=Nc2ccccc2)Cc2ccccc2C1=O.CC(C)(C)OC(=O)[C@@]1(N=Nc2ccccc2)Cc2ccccc2C1=O.CC(C)(C)OC(=O)[C@@]1(N=Nc2ccccc2)Cc2ccccc2C1=O. The Balaban J connectivity index is 0.000000164. The summed E-state index contributed by atoms with van der Waals surface area (Å²) in [5, 5.41) is 25.1. The number of Topliss-reactive ketones (excluding diaryl/α,β-unsaturated/α-hetero) is 3. The molecule has 3 aliphatic rings. The Bertz CT molecular complexity index is 2850. The Morgan fingerprint density at radius 2 is 0.560 bits per heavy atom. The van der Waals surface area contributed by atoms with Crippen molar-refractivity contribution in [2.75, 3.05) is 0 Å². The minimum absolute atomic E-state index is 0.160. The van der Waals surface area contributed by atoms with Gasteiger partial charge in [0.15, 0.2) is 0 Å². The van der Waals surface area contributed by atoms with Crippen LogP contribution in [-0.4, -0.2) is 68.7 Å². The molecule has 0 bridgehead atoms. The summed E-state index contributed by atoms with van der Waals surface area (Å²) < 4.78 is 16.5. The van der Waals surface area contributed by atoms with Crippen molar-refractivity contribution in [2.45, 2.75) is 115 Å². The Labute approximate surface area is 436 Å². The Kier molecular flexibility index (Phi) is 15.9. The van der Waals surface area contributed by atoms with Crippen LogP contribution in [0.4, 0.5) is 17.1 Å². The van der Waals surface area contributed by atoms with Gasteiger partial charge in [-0.05, 0) is 115 Å². The van der Waals surface area contributed by atoms with Crippen LogP contribution in [0, 0.1) is 0 Å². The zero-order chi connectivity index (χ0) is 54.2. The first-order valence-corrected chi connectivity index (χ1v) is 24.5. The number of hydrogen-bond acceptors (Lipinski definition) is 15. The van der Waals surface area contributed by atoms with E-state index in [0.717, 1.165) is 16.7 Å². The predicted octanol–water partition coefficient (Wildman–Crippen LogP) is 12.9. The minimum Gasteiger partial charge on any atom is -0.458 e. The van der Waals surface area contributed by atoms with Crippen molar-refractivity contribution in [3.63, 3.8) is 0 Å². The summed E-state index contributed by atoms with van der Waals surface area (Å²) in [5.74, 6) is -3.09. The van der Waals surface area contributed by atoms with Crippen LogP contribution in [0.3, 0.4) is 0 Å². The van der Waals surface area contributed by atoms with E-state index in [4.69, 9.17) is 14.2 Å². The van der Waals surface area contributed by atoms with E-state index in [2.05, 4.69) is 30.7 Å². The van der Waals surface area contributed by atoms with Crippen LogP contribution >= 0.6 is 0 Å². The molecule has 0 spiro atoms. The number of carbonyl (C=O) groups excluding carboxylic acids is 6. The molecule has 0 N–H and O–H groups in total. The smallest absolute Gasteiger partial charge is 0.345 e. The van der Waals surface area contributed by atoms with E-state index >= 15 is 0 Å². The summed E-state index contributed by atoms with van der Waals surface area (Å²) in [6.07, 6.45) is 0.480. The highest BCUT2D eigenvalue weighted by Crippen LogP contribution is 2.39. The quantitative estimate of drug-likeness (QED) is 0.0584.